The zero-order chi connectivity index (χ0) is 5.98. The second kappa shape index (κ2) is 3.28. The van der Waals surface area contributed by atoms with Crippen LogP contribution in [0.2, 0.25) is 0 Å². The molecule has 2 atom stereocenters. The van der Waals surface area contributed by atoms with Crippen molar-refractivity contribution in [1.29, 1.82) is 0 Å². The fraction of sp³-hybridized carbons (Fsp3) is 1.00. The summed E-state index contributed by atoms with van der Waals surface area (Å²) in [6, 6.07) is 0. The van der Waals surface area contributed by atoms with Gasteiger partial charge < -0.3 is 0 Å². The molecule has 1 heterocycles. The van der Waals surface area contributed by atoms with Gasteiger partial charge in [0.2, 0.25) is 0 Å². The molecule has 0 bridgehead atoms. The molecule has 1 saturated heterocycles. The van der Waals surface area contributed by atoms with Crippen molar-refractivity contribution < 1.29 is 7.45 Å². The first-order valence-corrected chi connectivity index (χ1v) is 6.67. The molecule has 0 amide bonds. The van der Waals surface area contributed by atoms with E-state index in [9.17, 15) is 0 Å². The Morgan fingerprint density at radius 1 is 1.75 bits per heavy atom. The molecule has 48 valence electrons. The molecule has 1 aliphatic heterocycles. The van der Waals surface area contributed by atoms with Crippen LogP contribution in [0.25, 0.3) is 0 Å². The molecule has 8 heavy (non-hydrogen) atoms. The molecule has 1 fully saturated rings. The zero-order valence-electron chi connectivity index (χ0n) is 4.01. The van der Waals surface area contributed by atoms with Crippen molar-refractivity contribution >= 4 is 35.9 Å². The summed E-state index contributed by atoms with van der Waals surface area (Å²) in [6.07, 6.45) is 0.0502. The first-order chi connectivity index (χ1) is 3.83. The molecule has 0 radical (unpaired) electrons. The van der Waals surface area contributed by atoms with Gasteiger partial charge in [-0.2, -0.15) is 0 Å². The average molecular weight is 219 g/mol. The Hall–Kier alpha value is 1.06. The van der Waals surface area contributed by atoms with Crippen LogP contribution in [0, 0.1) is 0 Å². The van der Waals surface area contributed by atoms with E-state index in [2.05, 4.69) is 0 Å². The first kappa shape index (κ1) is 7.17. The Balaban J connectivity index is 2.22. The summed E-state index contributed by atoms with van der Waals surface area (Å²) in [5.41, 5.74) is 0. The predicted octanol–water partition coefficient (Wildman–Crippen LogP) is 0.864. The Morgan fingerprint density at radius 3 is 2.75 bits per heavy atom. The Labute approximate surface area is 62.2 Å². The summed E-state index contributed by atoms with van der Waals surface area (Å²) in [5, 5.41) is 0. The maximum atomic E-state index is 5.53. The molecule has 0 aromatic rings. The second-order valence-electron chi connectivity index (χ2n) is 1.39. The molecule has 0 saturated carbocycles. The standard InChI is InChI=1S/C3H5AsCl2O2/c5-1-3-2-7-4(6)8-3/h3H,1-2H2. The molecule has 2 unspecified atom stereocenters. The van der Waals surface area contributed by atoms with Crippen LogP contribution in [-0.4, -0.2) is 33.0 Å². The molecule has 1 aliphatic rings. The van der Waals surface area contributed by atoms with E-state index >= 15 is 0 Å². The maximum absolute atomic E-state index is 5.53. The SMILES string of the molecule is ClCC1CO[As](Cl)O1. The number of hydrogen-bond donors (Lipinski definition) is 0. The minimum absolute atomic E-state index is 0.0502. The molecule has 0 N–H and O–H groups in total. The van der Waals surface area contributed by atoms with Gasteiger partial charge in [-0.15, -0.1) is 0 Å². The third kappa shape index (κ3) is 1.78. The fourth-order valence-electron chi connectivity index (χ4n) is 0.393. The predicted molar refractivity (Wildman–Crippen MR) is 33.2 cm³/mol. The number of rotatable bonds is 1. The van der Waals surface area contributed by atoms with Gasteiger partial charge in [-0.05, 0) is 0 Å². The summed E-state index contributed by atoms with van der Waals surface area (Å²) < 4.78 is 10.0. The molecule has 2 nitrogen and oxygen atoms in total. The van der Waals surface area contributed by atoms with Gasteiger partial charge in [0, 0.05) is 0 Å². The molecular weight excluding hydrogens is 214 g/mol. The summed E-state index contributed by atoms with van der Waals surface area (Å²) in [5.74, 6) is 0.484. The van der Waals surface area contributed by atoms with E-state index in [0.29, 0.717) is 12.5 Å². The molecule has 1 rings (SSSR count). The average Bonchev–Trinajstić information content (AvgIpc) is 2.14. The second-order valence-corrected chi connectivity index (χ2v) is 5.01. The molecule has 0 aliphatic carbocycles. The van der Waals surface area contributed by atoms with Crippen LogP contribution in [0.5, 0.6) is 0 Å². The number of alkyl halides is 1. The van der Waals surface area contributed by atoms with E-state index in [-0.39, 0.29) is 6.10 Å². The number of hydrogen-bond acceptors (Lipinski definition) is 2. The van der Waals surface area contributed by atoms with Crippen LogP contribution in [0.1, 0.15) is 0 Å². The van der Waals surface area contributed by atoms with Crippen molar-refractivity contribution in [3.63, 3.8) is 0 Å². The molecule has 5 heteroatoms. The Kier molecular flexibility index (Phi) is 2.94. The van der Waals surface area contributed by atoms with Crippen LogP contribution in [-0.2, 0) is 7.45 Å². The van der Waals surface area contributed by atoms with Crippen molar-refractivity contribution in [3.05, 3.63) is 0 Å². The summed E-state index contributed by atoms with van der Waals surface area (Å²) in [6.45, 7) is 0.576. The summed E-state index contributed by atoms with van der Waals surface area (Å²) in [7, 11) is 5.53. The molecular formula is C3H5AsCl2O2. The fourth-order valence-corrected chi connectivity index (χ4v) is 3.11. The summed E-state index contributed by atoms with van der Waals surface area (Å²) in [4.78, 5) is 0. The van der Waals surface area contributed by atoms with Gasteiger partial charge in [0.1, 0.15) is 0 Å². The van der Waals surface area contributed by atoms with Gasteiger partial charge in [0.25, 0.3) is 0 Å². The minimum atomic E-state index is -1.79. The van der Waals surface area contributed by atoms with Gasteiger partial charge >= 0.3 is 62.0 Å². The van der Waals surface area contributed by atoms with Crippen molar-refractivity contribution in [2.75, 3.05) is 12.5 Å². The Morgan fingerprint density at radius 2 is 2.50 bits per heavy atom. The van der Waals surface area contributed by atoms with Gasteiger partial charge in [-0.3, -0.25) is 0 Å². The van der Waals surface area contributed by atoms with Crippen molar-refractivity contribution in [2.45, 2.75) is 6.10 Å². The molecule has 0 aromatic carbocycles. The van der Waals surface area contributed by atoms with Crippen LogP contribution in [0.15, 0.2) is 0 Å². The van der Waals surface area contributed by atoms with E-state index in [0.717, 1.165) is 0 Å². The van der Waals surface area contributed by atoms with Gasteiger partial charge in [-0.25, -0.2) is 0 Å². The third-order valence-corrected chi connectivity index (χ3v) is 3.74. The van der Waals surface area contributed by atoms with Gasteiger partial charge in [-0.1, -0.05) is 0 Å². The molecule has 0 aromatic heterocycles. The van der Waals surface area contributed by atoms with Crippen molar-refractivity contribution in [3.8, 4) is 0 Å². The van der Waals surface area contributed by atoms with Crippen LogP contribution < -0.4 is 0 Å². The van der Waals surface area contributed by atoms with E-state index in [4.69, 9.17) is 29.0 Å². The monoisotopic (exact) mass is 218 g/mol. The van der Waals surface area contributed by atoms with Crippen LogP contribution >= 0.6 is 21.6 Å². The van der Waals surface area contributed by atoms with Crippen molar-refractivity contribution in [1.82, 2.24) is 0 Å². The van der Waals surface area contributed by atoms with Crippen LogP contribution in [0.3, 0.4) is 0 Å². The quantitative estimate of drug-likeness (QED) is 0.481. The topological polar surface area (TPSA) is 18.5 Å². The summed E-state index contributed by atoms with van der Waals surface area (Å²) >= 11 is 3.64. The van der Waals surface area contributed by atoms with E-state index in [1.165, 1.54) is 0 Å². The van der Waals surface area contributed by atoms with E-state index < -0.39 is 14.4 Å². The molecule has 0 spiro atoms. The van der Waals surface area contributed by atoms with Gasteiger partial charge in [0.05, 0.1) is 0 Å². The van der Waals surface area contributed by atoms with E-state index in [1.807, 2.05) is 0 Å². The Bertz CT molecular complexity index is 81.7. The zero-order valence-corrected chi connectivity index (χ0v) is 7.40. The van der Waals surface area contributed by atoms with E-state index in [1.54, 1.807) is 0 Å². The van der Waals surface area contributed by atoms with Gasteiger partial charge in [0.15, 0.2) is 0 Å². The van der Waals surface area contributed by atoms with Crippen LogP contribution in [0.4, 0.5) is 0 Å². The number of halogens is 2. The first-order valence-electron chi connectivity index (χ1n) is 2.14. The van der Waals surface area contributed by atoms with Crippen molar-refractivity contribution in [2.24, 2.45) is 0 Å². The normalized spacial score (nSPS) is 38.2. The third-order valence-electron chi connectivity index (χ3n) is 0.766.